The van der Waals surface area contributed by atoms with Gasteiger partial charge in [0.05, 0.1) is 12.9 Å². The molecule has 0 fully saturated rings. The Kier molecular flexibility index (Phi) is 6.02. The number of aryl methyl sites for hydroxylation is 1. The fraction of sp³-hybridized carbons (Fsp3) is 0.435. The van der Waals surface area contributed by atoms with Crippen molar-refractivity contribution in [3.05, 3.63) is 41.0 Å². The van der Waals surface area contributed by atoms with E-state index in [0.717, 1.165) is 39.5 Å². The summed E-state index contributed by atoms with van der Waals surface area (Å²) in [4.78, 5) is 24.0. The second kappa shape index (κ2) is 8.55. The van der Waals surface area contributed by atoms with E-state index in [2.05, 4.69) is 36.1 Å². The van der Waals surface area contributed by atoms with Crippen molar-refractivity contribution in [2.75, 3.05) is 18.2 Å². The lowest BCUT2D eigenvalue weighted by Gasteiger charge is -2.33. The summed E-state index contributed by atoms with van der Waals surface area (Å²) in [5.41, 5.74) is 2.47. The molecule has 2 heterocycles. The molecular formula is C23H27N3O2S2. The minimum absolute atomic E-state index is 0.0474. The normalized spacial score (nSPS) is 16.3. The number of aromatic nitrogens is 2. The van der Waals surface area contributed by atoms with Gasteiger partial charge in [-0.2, -0.15) is 0 Å². The minimum atomic E-state index is -0.0474. The second-order valence-corrected chi connectivity index (χ2v) is 10.8. The quantitative estimate of drug-likeness (QED) is 0.413. The summed E-state index contributed by atoms with van der Waals surface area (Å²) < 4.78 is 5.15. The Morgan fingerprint density at radius 1 is 1.27 bits per heavy atom. The van der Waals surface area contributed by atoms with E-state index in [1.165, 1.54) is 28.6 Å². The number of nitrogens with one attached hydrogen (secondary N) is 1. The highest BCUT2D eigenvalue weighted by Gasteiger charge is 2.31. The van der Waals surface area contributed by atoms with E-state index in [9.17, 15) is 4.79 Å². The Balaban J connectivity index is 1.48. The average molecular weight is 442 g/mol. The first-order valence-corrected chi connectivity index (χ1v) is 12.0. The van der Waals surface area contributed by atoms with Crippen LogP contribution in [0.3, 0.4) is 0 Å². The first-order valence-electron chi connectivity index (χ1n) is 10.2. The van der Waals surface area contributed by atoms with Crippen LogP contribution in [-0.2, 0) is 17.6 Å². The van der Waals surface area contributed by atoms with Gasteiger partial charge in [-0.1, -0.05) is 32.5 Å². The second-order valence-electron chi connectivity index (χ2n) is 8.73. The molecule has 3 aromatic rings. The monoisotopic (exact) mass is 441 g/mol. The molecule has 0 spiro atoms. The maximum Gasteiger partial charge on any atom is 0.234 e. The van der Waals surface area contributed by atoms with Gasteiger partial charge in [0.25, 0.3) is 0 Å². The van der Waals surface area contributed by atoms with Gasteiger partial charge in [0, 0.05) is 16.0 Å². The van der Waals surface area contributed by atoms with Crippen LogP contribution in [0.15, 0.2) is 35.6 Å². The minimum Gasteiger partial charge on any atom is -0.497 e. The molecule has 5 nitrogen and oxygen atoms in total. The number of carbonyl (C=O) groups excluding carboxylic acids is 1. The Labute approximate surface area is 185 Å². The molecule has 2 aromatic heterocycles. The summed E-state index contributed by atoms with van der Waals surface area (Å²) in [5, 5.41) is 5.01. The average Bonchev–Trinajstić information content (AvgIpc) is 3.10. The number of ether oxygens (including phenoxy) is 1. The highest BCUT2D eigenvalue weighted by atomic mass is 32.2. The molecular weight excluding hydrogens is 414 g/mol. The molecule has 1 aromatic carbocycles. The van der Waals surface area contributed by atoms with Crippen molar-refractivity contribution < 1.29 is 9.53 Å². The number of nitrogens with zero attached hydrogens (tertiary/aromatic N) is 2. The van der Waals surface area contributed by atoms with Crippen LogP contribution in [-0.4, -0.2) is 28.7 Å². The lowest BCUT2D eigenvalue weighted by Crippen LogP contribution is -2.26. The molecule has 1 amide bonds. The van der Waals surface area contributed by atoms with Crippen LogP contribution in [0.5, 0.6) is 5.75 Å². The zero-order valence-electron chi connectivity index (χ0n) is 17.8. The molecule has 0 saturated carbocycles. The van der Waals surface area contributed by atoms with Crippen LogP contribution in [0.1, 0.15) is 37.6 Å². The number of thioether (sulfide) groups is 1. The Morgan fingerprint density at radius 2 is 2.03 bits per heavy atom. The van der Waals surface area contributed by atoms with E-state index in [1.807, 2.05) is 24.3 Å². The lowest BCUT2D eigenvalue weighted by molar-refractivity contribution is -0.113. The summed E-state index contributed by atoms with van der Waals surface area (Å²) in [6.07, 6.45) is 4.99. The molecule has 0 aliphatic heterocycles. The third kappa shape index (κ3) is 4.47. The molecule has 30 heavy (non-hydrogen) atoms. The number of benzene rings is 1. The van der Waals surface area contributed by atoms with Crippen molar-refractivity contribution >= 4 is 44.9 Å². The molecule has 1 N–H and O–H groups in total. The summed E-state index contributed by atoms with van der Waals surface area (Å²) >= 11 is 3.28. The number of hydrogen-bond donors (Lipinski definition) is 1. The van der Waals surface area contributed by atoms with Crippen molar-refractivity contribution in [3.8, 4) is 5.75 Å². The highest BCUT2D eigenvalue weighted by molar-refractivity contribution is 8.00. The topological polar surface area (TPSA) is 64.1 Å². The van der Waals surface area contributed by atoms with Gasteiger partial charge in [-0.3, -0.25) is 4.79 Å². The summed E-state index contributed by atoms with van der Waals surface area (Å²) in [5.74, 6) is 1.72. The van der Waals surface area contributed by atoms with Gasteiger partial charge >= 0.3 is 0 Å². The van der Waals surface area contributed by atoms with Crippen molar-refractivity contribution in [2.45, 2.75) is 45.1 Å². The van der Waals surface area contributed by atoms with Crippen LogP contribution in [0, 0.1) is 11.3 Å². The van der Waals surface area contributed by atoms with Crippen LogP contribution in [0.4, 0.5) is 5.69 Å². The number of hydrogen-bond acceptors (Lipinski definition) is 6. The van der Waals surface area contributed by atoms with E-state index in [0.29, 0.717) is 17.1 Å². The van der Waals surface area contributed by atoms with Crippen LogP contribution in [0.25, 0.3) is 10.2 Å². The van der Waals surface area contributed by atoms with Gasteiger partial charge in [0.2, 0.25) is 5.91 Å². The Morgan fingerprint density at radius 3 is 2.73 bits per heavy atom. The Hall–Kier alpha value is -2.12. The molecule has 1 aliphatic carbocycles. The smallest absolute Gasteiger partial charge is 0.234 e. The van der Waals surface area contributed by atoms with E-state index in [4.69, 9.17) is 4.74 Å². The van der Waals surface area contributed by atoms with Crippen molar-refractivity contribution in [1.82, 2.24) is 9.97 Å². The predicted octanol–water partition coefficient (Wildman–Crippen LogP) is 5.58. The van der Waals surface area contributed by atoms with Crippen LogP contribution in [0.2, 0.25) is 0 Å². The van der Waals surface area contributed by atoms with E-state index < -0.39 is 0 Å². The van der Waals surface area contributed by atoms with Gasteiger partial charge in [-0.05, 0) is 60.4 Å². The maximum atomic E-state index is 12.5. The predicted molar refractivity (Wildman–Crippen MR) is 125 cm³/mol. The van der Waals surface area contributed by atoms with E-state index in [-0.39, 0.29) is 5.91 Å². The fourth-order valence-electron chi connectivity index (χ4n) is 3.94. The third-order valence-corrected chi connectivity index (χ3v) is 7.90. The number of carbonyl (C=O) groups is 1. The highest BCUT2D eigenvalue weighted by Crippen LogP contribution is 2.44. The molecule has 158 valence electrons. The number of methoxy groups -OCH3 is 1. The zero-order valence-corrected chi connectivity index (χ0v) is 19.5. The third-order valence-electron chi connectivity index (χ3n) is 5.75. The zero-order chi connectivity index (χ0) is 21.3. The number of rotatable bonds is 5. The summed E-state index contributed by atoms with van der Waals surface area (Å²) in [6.45, 7) is 7.00. The molecule has 0 saturated heterocycles. The maximum absolute atomic E-state index is 12.5. The molecule has 1 atom stereocenters. The Bertz CT molecular complexity index is 1050. The SMILES string of the molecule is COc1ccc(NC(=O)CSc2ncnc3sc4c(c23)CC[C@@H](C(C)(C)C)C4)cc1. The number of thiophene rings is 1. The van der Waals surface area contributed by atoms with Gasteiger partial charge < -0.3 is 10.1 Å². The van der Waals surface area contributed by atoms with Crippen molar-refractivity contribution in [2.24, 2.45) is 11.3 Å². The fourth-order valence-corrected chi connectivity index (χ4v) is 6.09. The first kappa shape index (κ1) is 21.1. The lowest BCUT2D eigenvalue weighted by atomic mass is 9.72. The van der Waals surface area contributed by atoms with Gasteiger partial charge in [0.1, 0.15) is 21.9 Å². The molecule has 0 radical (unpaired) electrons. The molecule has 0 bridgehead atoms. The van der Waals surface area contributed by atoms with Crippen LogP contribution < -0.4 is 10.1 Å². The largest absolute Gasteiger partial charge is 0.497 e. The molecule has 0 unspecified atom stereocenters. The van der Waals surface area contributed by atoms with E-state index >= 15 is 0 Å². The van der Waals surface area contributed by atoms with Gasteiger partial charge in [0.15, 0.2) is 0 Å². The van der Waals surface area contributed by atoms with Crippen molar-refractivity contribution in [3.63, 3.8) is 0 Å². The van der Waals surface area contributed by atoms with Gasteiger partial charge in [-0.25, -0.2) is 9.97 Å². The van der Waals surface area contributed by atoms with Crippen molar-refractivity contribution in [1.29, 1.82) is 0 Å². The number of amides is 1. The number of anilines is 1. The van der Waals surface area contributed by atoms with Gasteiger partial charge in [-0.15, -0.1) is 11.3 Å². The van der Waals surface area contributed by atoms with Crippen LogP contribution >= 0.6 is 23.1 Å². The standard InChI is InChI=1S/C23H27N3O2S2/c1-23(2,3)14-5-10-17-18(11-14)30-22-20(17)21(24-13-25-22)29-12-19(27)26-15-6-8-16(28-4)9-7-15/h6-9,13-14H,5,10-12H2,1-4H3,(H,26,27)/t14-/m1/s1. The molecule has 1 aliphatic rings. The van der Waals surface area contributed by atoms with E-state index in [1.54, 1.807) is 24.8 Å². The first-order chi connectivity index (χ1) is 14.3. The molecule has 7 heteroatoms. The molecule has 4 rings (SSSR count). The number of fused-ring (bicyclic) bond motifs is 3. The summed E-state index contributed by atoms with van der Waals surface area (Å²) in [7, 11) is 1.62. The summed E-state index contributed by atoms with van der Waals surface area (Å²) in [6, 6.07) is 7.34.